The highest BCUT2D eigenvalue weighted by Crippen LogP contribution is 2.46. The van der Waals surface area contributed by atoms with Crippen LogP contribution in [-0.4, -0.2) is 122 Å². The van der Waals surface area contributed by atoms with Crippen molar-refractivity contribution in [1.29, 1.82) is 0 Å². The summed E-state index contributed by atoms with van der Waals surface area (Å²) in [6.45, 7) is 20.0. The van der Waals surface area contributed by atoms with Gasteiger partial charge in [0.05, 0.1) is 58.0 Å². The number of alkyl carbamates (subject to hydrolysis) is 1. The molecule has 0 fully saturated rings. The number of fused-ring (bicyclic) bond motifs is 6. The van der Waals surface area contributed by atoms with Crippen LogP contribution < -0.4 is 15.4 Å². The summed E-state index contributed by atoms with van der Waals surface area (Å²) in [7, 11) is 6.04. The number of amides is 3. The molecule has 3 heterocycles. The Balaban J connectivity index is 0.00000249. The molecule has 6 rings (SSSR count). The Morgan fingerprint density at radius 1 is 0.941 bits per heavy atom. The van der Waals surface area contributed by atoms with Crippen molar-refractivity contribution in [2.75, 3.05) is 67.8 Å². The maximum atomic E-state index is 13.0. The molecule has 16 heteroatoms. The number of hydrogen-bond acceptors (Lipinski definition) is 11. The lowest BCUT2D eigenvalue weighted by molar-refractivity contribution is -0.132. The van der Waals surface area contributed by atoms with Crippen LogP contribution in [0.4, 0.5) is 4.79 Å². The normalized spacial score (nSPS) is 13.4. The molecular formula is C52H80N8O8. The fraction of sp³-hybridized carbons (Fsp3) is 0.538. The zero-order valence-corrected chi connectivity index (χ0v) is 42.9. The van der Waals surface area contributed by atoms with Gasteiger partial charge in [-0.15, -0.1) is 25.7 Å². The summed E-state index contributed by atoms with van der Waals surface area (Å²) in [4.78, 5) is 66.2. The summed E-state index contributed by atoms with van der Waals surface area (Å²) < 4.78 is 20.2. The molecule has 3 aromatic rings. The molecule has 0 saturated heterocycles. The molecule has 16 nitrogen and oxygen atoms in total. The van der Waals surface area contributed by atoms with Crippen LogP contribution in [-0.2, 0) is 54.5 Å². The van der Waals surface area contributed by atoms with Gasteiger partial charge in [-0.05, 0) is 67.5 Å². The molecule has 0 saturated carbocycles. The number of terminal acetylenes is 2. The number of allylic oxidation sites excluding steroid dienone is 3. The lowest BCUT2D eigenvalue weighted by Gasteiger charge is -2.32. The topological polar surface area (TPSA) is 193 Å². The number of rotatable bonds is 16. The monoisotopic (exact) mass is 945 g/mol. The number of likely N-dealkylation sites (N-methyl/N-ethyl adjacent to an activating group) is 1. The minimum Gasteiger partial charge on any atom is -0.489 e. The van der Waals surface area contributed by atoms with Crippen molar-refractivity contribution in [3.05, 3.63) is 70.2 Å². The fourth-order valence-electron chi connectivity index (χ4n) is 7.32. The van der Waals surface area contributed by atoms with Gasteiger partial charge in [0.1, 0.15) is 30.5 Å². The first kappa shape index (κ1) is 61.6. The number of methoxy groups -OCH3 is 3. The first-order valence-electron chi connectivity index (χ1n) is 23.4. The van der Waals surface area contributed by atoms with E-state index in [2.05, 4.69) is 120 Å². The molecule has 1 aliphatic heterocycles. The maximum Gasteiger partial charge on any atom is 0.407 e. The largest absolute Gasteiger partial charge is 0.489 e. The summed E-state index contributed by atoms with van der Waals surface area (Å²) in [6.07, 6.45) is 27.4. The van der Waals surface area contributed by atoms with Crippen LogP contribution in [0.1, 0.15) is 121 Å². The Morgan fingerprint density at radius 3 is 2.16 bits per heavy atom. The van der Waals surface area contributed by atoms with Gasteiger partial charge in [0.25, 0.3) is 6.47 Å². The third-order valence-electron chi connectivity index (χ3n) is 9.89. The van der Waals surface area contributed by atoms with Crippen LogP contribution in [0.25, 0.3) is 16.8 Å². The molecule has 3 aliphatic rings. The summed E-state index contributed by atoms with van der Waals surface area (Å²) in [5, 5.41) is 5.44. The third kappa shape index (κ3) is 19.5. The number of hydrogen-bond donors (Lipinski definition) is 4. The Labute approximate surface area is 406 Å². The molecule has 2 atom stereocenters. The molecule has 2 aliphatic carbocycles. The Morgan fingerprint density at radius 2 is 1.57 bits per heavy atom. The molecule has 68 heavy (non-hydrogen) atoms. The lowest BCUT2D eigenvalue weighted by atomic mass is 9.79. The second-order valence-corrected chi connectivity index (χ2v) is 15.5. The molecule has 0 bridgehead atoms. The molecule has 3 amide bonds. The van der Waals surface area contributed by atoms with Crippen LogP contribution in [0.5, 0.6) is 5.75 Å². The highest BCUT2D eigenvalue weighted by atomic mass is 16.5. The Hall–Kier alpha value is -6.36. The van der Waals surface area contributed by atoms with E-state index < -0.39 is 6.09 Å². The smallest absolute Gasteiger partial charge is 0.407 e. The van der Waals surface area contributed by atoms with Crippen molar-refractivity contribution in [1.82, 2.24) is 40.4 Å². The van der Waals surface area contributed by atoms with E-state index in [4.69, 9.17) is 19.3 Å². The van der Waals surface area contributed by atoms with E-state index in [1.54, 1.807) is 25.3 Å². The number of nitrogens with zero attached hydrogens (tertiary/aromatic N) is 4. The number of ether oxygens (including phenoxy) is 4. The quantitative estimate of drug-likeness (QED) is 0.0807. The standard InChI is InChI=1S/C38H50N8O6.2C3H8.C2H4O2.C2H6.2C2H2/c1-6-11-45(36(48)17-41-38(49)51-5)19-33-40-15-31(43-33)25-7-9-27-26(12-25)22-52-32-14-28-24(13-29(27)32)8-10-30-37(28)44-34(42-30)20-46(35(47)16-39-3)18-23(2)21-50-4;2*1-3-2;1-4-2-3;3*1-2/h7,12-15,23,27,39H,6,8-11,16-22H2,1-5H3,(H,40,43)(H,41,49)(H,42,44);2*3H2,1-2H3;2H,1H3;1-2H3;2*1-2H/t23-,27?;;;;;;/m1....../s1. The second-order valence-electron chi connectivity index (χ2n) is 15.5. The lowest BCUT2D eigenvalue weighted by Crippen LogP contribution is -2.40. The number of aromatic nitrogens is 4. The van der Waals surface area contributed by atoms with Gasteiger partial charge in [0, 0.05) is 42.9 Å². The number of imidazole rings is 2. The highest BCUT2D eigenvalue weighted by molar-refractivity contribution is 5.82. The second kappa shape index (κ2) is 35.8. The van der Waals surface area contributed by atoms with E-state index in [1.165, 1.54) is 43.8 Å². The predicted molar refractivity (Wildman–Crippen MR) is 272 cm³/mol. The van der Waals surface area contributed by atoms with Gasteiger partial charge in [-0.2, -0.15) is 0 Å². The van der Waals surface area contributed by atoms with Crippen molar-refractivity contribution in [2.45, 2.75) is 113 Å². The molecule has 2 aromatic heterocycles. The van der Waals surface area contributed by atoms with E-state index in [0.29, 0.717) is 51.7 Å². The average molecular weight is 945 g/mol. The van der Waals surface area contributed by atoms with E-state index in [1.807, 2.05) is 25.7 Å². The van der Waals surface area contributed by atoms with Crippen LogP contribution in [0, 0.1) is 31.6 Å². The van der Waals surface area contributed by atoms with Crippen molar-refractivity contribution in [3.63, 3.8) is 0 Å². The van der Waals surface area contributed by atoms with Gasteiger partial charge in [-0.3, -0.25) is 14.4 Å². The number of aryl methyl sites for hydroxylation is 2. The minimum absolute atomic E-state index is 0.0289. The van der Waals surface area contributed by atoms with Gasteiger partial charge in [0.2, 0.25) is 11.8 Å². The summed E-state index contributed by atoms with van der Waals surface area (Å²) in [6, 6.07) is 4.45. The SMILES string of the molecule is C#C.C#C.CC.CCC.CCC.CCCN(Cc1ncc(C2=CCC3C(=C2)COc2cc4c(cc23)CCc2[nH]c(CN(C[C@@H](C)COC)C(=O)CNC)nc2-4)[nH]1)C(=O)CNC(=O)OC.COC=O. The summed E-state index contributed by atoms with van der Waals surface area (Å²) in [5.41, 5.74) is 8.71. The number of nitrogens with one attached hydrogen (secondary N) is 4. The van der Waals surface area contributed by atoms with E-state index in [0.717, 1.165) is 65.5 Å². The minimum atomic E-state index is -0.641. The molecule has 0 radical (unpaired) electrons. The number of aromatic amines is 2. The van der Waals surface area contributed by atoms with Gasteiger partial charge in [-0.1, -0.05) is 80.4 Å². The van der Waals surface area contributed by atoms with Crippen LogP contribution >= 0.6 is 0 Å². The molecule has 4 N–H and O–H groups in total. The molecule has 0 spiro atoms. The third-order valence-corrected chi connectivity index (χ3v) is 9.89. The fourth-order valence-corrected chi connectivity index (χ4v) is 7.32. The maximum absolute atomic E-state index is 13.0. The van der Waals surface area contributed by atoms with Crippen molar-refractivity contribution < 1.29 is 38.1 Å². The summed E-state index contributed by atoms with van der Waals surface area (Å²) in [5.74, 6) is 2.58. The number of carbonyl (C=O) groups is 4. The van der Waals surface area contributed by atoms with Gasteiger partial charge in [0.15, 0.2) is 0 Å². The van der Waals surface area contributed by atoms with Gasteiger partial charge < -0.3 is 49.3 Å². The van der Waals surface area contributed by atoms with Crippen LogP contribution in [0.2, 0.25) is 0 Å². The molecular weight excluding hydrogens is 865 g/mol. The van der Waals surface area contributed by atoms with E-state index >= 15 is 0 Å². The average Bonchev–Trinajstić information content (AvgIpc) is 4.02. The van der Waals surface area contributed by atoms with Crippen LogP contribution in [0.3, 0.4) is 0 Å². The zero-order valence-electron chi connectivity index (χ0n) is 42.9. The van der Waals surface area contributed by atoms with Crippen molar-refractivity contribution in [3.8, 4) is 42.7 Å². The number of benzene rings is 1. The Kier molecular flexibility index (Phi) is 32.4. The van der Waals surface area contributed by atoms with E-state index in [-0.39, 0.29) is 36.7 Å². The van der Waals surface area contributed by atoms with Gasteiger partial charge in [-0.25, -0.2) is 14.8 Å². The van der Waals surface area contributed by atoms with Crippen LogP contribution in [0.15, 0.2) is 36.1 Å². The predicted octanol–water partition coefficient (Wildman–Crippen LogP) is 7.86. The Bertz CT molecular complexity index is 2040. The zero-order chi connectivity index (χ0) is 51.6. The first-order valence-corrected chi connectivity index (χ1v) is 23.4. The molecule has 376 valence electrons. The number of H-pyrrole nitrogens is 2. The van der Waals surface area contributed by atoms with Crippen molar-refractivity contribution >= 4 is 30.0 Å². The van der Waals surface area contributed by atoms with Crippen molar-refractivity contribution in [2.24, 2.45) is 5.92 Å². The number of carbonyl (C=O) groups excluding carboxylic acids is 4. The summed E-state index contributed by atoms with van der Waals surface area (Å²) >= 11 is 0. The first-order chi connectivity index (χ1) is 32.9. The molecule has 1 unspecified atom stereocenters. The molecule has 1 aromatic carbocycles. The van der Waals surface area contributed by atoms with Gasteiger partial charge >= 0.3 is 6.09 Å². The highest BCUT2D eigenvalue weighted by Gasteiger charge is 2.32. The van der Waals surface area contributed by atoms with E-state index in [9.17, 15) is 14.4 Å².